The van der Waals surface area contributed by atoms with E-state index in [1.165, 1.54) is 0 Å². The Morgan fingerprint density at radius 1 is 1.40 bits per heavy atom. The maximum atomic E-state index is 12.7. The van der Waals surface area contributed by atoms with Crippen LogP contribution in [0.1, 0.15) is 42.6 Å². The van der Waals surface area contributed by atoms with Gasteiger partial charge in [0.2, 0.25) is 0 Å². The van der Waals surface area contributed by atoms with Gasteiger partial charge in [-0.25, -0.2) is 0 Å². The summed E-state index contributed by atoms with van der Waals surface area (Å²) < 4.78 is 0. The highest BCUT2D eigenvalue weighted by molar-refractivity contribution is 5.94. The van der Waals surface area contributed by atoms with Gasteiger partial charge in [0.05, 0.1) is 5.56 Å². The lowest BCUT2D eigenvalue weighted by atomic mass is 9.96. The number of nitrogens with zero attached hydrogens (tertiary/aromatic N) is 2. The molecule has 2 rings (SSSR count). The lowest BCUT2D eigenvalue weighted by molar-refractivity contribution is 0.0657. The summed E-state index contributed by atoms with van der Waals surface area (Å²) in [5.41, 5.74) is 1.73. The quantitative estimate of drug-likeness (QED) is 0.916. The van der Waals surface area contributed by atoms with Crippen LogP contribution in [0, 0.1) is 12.8 Å². The number of carbonyl (C=O) groups is 1. The molecular formula is C16H25N3O. The molecule has 0 aliphatic carbocycles. The van der Waals surface area contributed by atoms with Gasteiger partial charge in [-0.05, 0) is 64.3 Å². The van der Waals surface area contributed by atoms with Crippen LogP contribution in [0.15, 0.2) is 18.5 Å². The zero-order valence-corrected chi connectivity index (χ0v) is 12.7. The summed E-state index contributed by atoms with van der Waals surface area (Å²) in [6.07, 6.45) is 5.77. The predicted octanol–water partition coefficient (Wildman–Crippen LogP) is 2.24. The molecule has 0 saturated carbocycles. The molecule has 1 N–H and O–H groups in total. The third kappa shape index (κ3) is 3.79. The monoisotopic (exact) mass is 275 g/mol. The number of amides is 1. The van der Waals surface area contributed by atoms with E-state index in [9.17, 15) is 4.79 Å². The average molecular weight is 275 g/mol. The van der Waals surface area contributed by atoms with Crippen LogP contribution >= 0.6 is 0 Å². The summed E-state index contributed by atoms with van der Waals surface area (Å²) in [6, 6.07) is 2.14. The SMILES string of the molecule is Cc1cncc(C(=O)N(CC2CCNCC2)C(C)C)c1. The number of hydrogen-bond acceptors (Lipinski definition) is 3. The lowest BCUT2D eigenvalue weighted by Gasteiger charge is -2.33. The van der Waals surface area contributed by atoms with Gasteiger partial charge in [0.1, 0.15) is 0 Å². The summed E-state index contributed by atoms with van der Waals surface area (Å²) in [4.78, 5) is 18.8. The van der Waals surface area contributed by atoms with Crippen molar-refractivity contribution in [2.75, 3.05) is 19.6 Å². The van der Waals surface area contributed by atoms with Gasteiger partial charge in [-0.2, -0.15) is 0 Å². The third-order valence-corrected chi connectivity index (χ3v) is 3.92. The van der Waals surface area contributed by atoms with Crippen molar-refractivity contribution in [1.82, 2.24) is 15.2 Å². The van der Waals surface area contributed by atoms with Gasteiger partial charge in [-0.1, -0.05) is 0 Å². The highest BCUT2D eigenvalue weighted by atomic mass is 16.2. The second kappa shape index (κ2) is 6.84. The summed E-state index contributed by atoms with van der Waals surface area (Å²) >= 11 is 0. The molecule has 1 aliphatic heterocycles. The fourth-order valence-electron chi connectivity index (χ4n) is 2.71. The van der Waals surface area contributed by atoms with Crippen LogP contribution in [-0.4, -0.2) is 41.5 Å². The second-order valence-electron chi connectivity index (χ2n) is 6.00. The Morgan fingerprint density at radius 2 is 2.10 bits per heavy atom. The molecule has 1 aromatic heterocycles. The van der Waals surface area contributed by atoms with Gasteiger partial charge in [0, 0.05) is 25.0 Å². The van der Waals surface area contributed by atoms with E-state index in [-0.39, 0.29) is 11.9 Å². The first-order chi connectivity index (χ1) is 9.58. The van der Waals surface area contributed by atoms with E-state index in [1.807, 2.05) is 17.9 Å². The number of nitrogens with one attached hydrogen (secondary N) is 1. The first kappa shape index (κ1) is 15.0. The van der Waals surface area contributed by atoms with Crippen LogP contribution in [0.25, 0.3) is 0 Å². The molecule has 0 spiro atoms. The van der Waals surface area contributed by atoms with Crippen molar-refractivity contribution in [2.45, 2.75) is 39.7 Å². The van der Waals surface area contributed by atoms with Crippen LogP contribution in [-0.2, 0) is 0 Å². The van der Waals surface area contributed by atoms with Crippen LogP contribution in [0.2, 0.25) is 0 Å². The Labute approximate surface area is 121 Å². The molecule has 4 nitrogen and oxygen atoms in total. The fourth-order valence-corrected chi connectivity index (χ4v) is 2.71. The molecule has 1 fully saturated rings. The van der Waals surface area contributed by atoms with Crippen molar-refractivity contribution in [3.8, 4) is 0 Å². The standard InChI is InChI=1S/C16H25N3O/c1-12(2)19(11-14-4-6-17-7-5-14)16(20)15-8-13(3)9-18-10-15/h8-10,12,14,17H,4-7,11H2,1-3H3. The molecule has 1 aromatic rings. The highest BCUT2D eigenvalue weighted by Gasteiger charge is 2.24. The summed E-state index contributed by atoms with van der Waals surface area (Å²) in [5.74, 6) is 0.718. The third-order valence-electron chi connectivity index (χ3n) is 3.92. The maximum Gasteiger partial charge on any atom is 0.255 e. The van der Waals surface area contributed by atoms with E-state index < -0.39 is 0 Å². The fraction of sp³-hybridized carbons (Fsp3) is 0.625. The number of hydrogen-bond donors (Lipinski definition) is 1. The summed E-state index contributed by atoms with van der Waals surface area (Å²) in [6.45, 7) is 9.13. The number of rotatable bonds is 4. The molecule has 2 heterocycles. The summed E-state index contributed by atoms with van der Waals surface area (Å²) in [5, 5.41) is 3.37. The Balaban J connectivity index is 2.09. The lowest BCUT2D eigenvalue weighted by Crippen LogP contribution is -2.43. The number of aryl methyl sites for hydroxylation is 1. The molecule has 0 aromatic carbocycles. The topological polar surface area (TPSA) is 45.2 Å². The second-order valence-corrected chi connectivity index (χ2v) is 6.00. The number of aromatic nitrogens is 1. The van der Waals surface area contributed by atoms with Crippen molar-refractivity contribution in [3.63, 3.8) is 0 Å². The molecule has 1 aliphatic rings. The van der Waals surface area contributed by atoms with Gasteiger partial charge in [-0.15, -0.1) is 0 Å². The van der Waals surface area contributed by atoms with E-state index >= 15 is 0 Å². The molecule has 20 heavy (non-hydrogen) atoms. The smallest absolute Gasteiger partial charge is 0.255 e. The minimum Gasteiger partial charge on any atom is -0.336 e. The van der Waals surface area contributed by atoms with Crippen LogP contribution < -0.4 is 5.32 Å². The Kier molecular flexibility index (Phi) is 5.12. The predicted molar refractivity (Wildman–Crippen MR) is 80.7 cm³/mol. The van der Waals surface area contributed by atoms with Crippen molar-refractivity contribution in [3.05, 3.63) is 29.6 Å². The highest BCUT2D eigenvalue weighted by Crippen LogP contribution is 2.17. The van der Waals surface area contributed by atoms with Crippen molar-refractivity contribution < 1.29 is 4.79 Å². The van der Waals surface area contributed by atoms with E-state index in [4.69, 9.17) is 0 Å². The average Bonchev–Trinajstić information content (AvgIpc) is 2.45. The molecule has 4 heteroatoms. The molecule has 0 bridgehead atoms. The molecule has 1 amide bonds. The minimum atomic E-state index is 0.106. The van der Waals surface area contributed by atoms with Gasteiger partial charge < -0.3 is 10.2 Å². The number of pyridine rings is 1. The number of carbonyl (C=O) groups excluding carboxylic acids is 1. The molecule has 0 radical (unpaired) electrons. The maximum absolute atomic E-state index is 12.7. The molecule has 0 atom stereocenters. The van der Waals surface area contributed by atoms with Gasteiger partial charge in [-0.3, -0.25) is 9.78 Å². The van der Waals surface area contributed by atoms with Gasteiger partial charge in [0.15, 0.2) is 0 Å². The molecule has 0 unspecified atom stereocenters. The van der Waals surface area contributed by atoms with Crippen LogP contribution in [0.3, 0.4) is 0 Å². The Hall–Kier alpha value is -1.42. The molecule has 110 valence electrons. The first-order valence-corrected chi connectivity index (χ1v) is 7.51. The van der Waals surface area contributed by atoms with E-state index in [0.717, 1.165) is 38.0 Å². The van der Waals surface area contributed by atoms with Crippen LogP contribution in [0.4, 0.5) is 0 Å². The van der Waals surface area contributed by atoms with E-state index in [2.05, 4.69) is 24.1 Å². The van der Waals surface area contributed by atoms with E-state index in [1.54, 1.807) is 12.4 Å². The minimum absolute atomic E-state index is 0.106. The van der Waals surface area contributed by atoms with Gasteiger partial charge in [0.25, 0.3) is 5.91 Å². The Bertz CT molecular complexity index is 453. The van der Waals surface area contributed by atoms with Crippen molar-refractivity contribution in [2.24, 2.45) is 5.92 Å². The largest absolute Gasteiger partial charge is 0.336 e. The number of piperidine rings is 1. The van der Waals surface area contributed by atoms with Crippen molar-refractivity contribution in [1.29, 1.82) is 0 Å². The zero-order valence-electron chi connectivity index (χ0n) is 12.7. The molecular weight excluding hydrogens is 250 g/mol. The Morgan fingerprint density at radius 3 is 2.70 bits per heavy atom. The van der Waals surface area contributed by atoms with Gasteiger partial charge >= 0.3 is 0 Å². The van der Waals surface area contributed by atoms with Crippen LogP contribution in [0.5, 0.6) is 0 Å². The first-order valence-electron chi connectivity index (χ1n) is 7.51. The van der Waals surface area contributed by atoms with Crippen molar-refractivity contribution >= 4 is 5.91 Å². The summed E-state index contributed by atoms with van der Waals surface area (Å²) in [7, 11) is 0. The normalized spacial score (nSPS) is 16.4. The zero-order chi connectivity index (χ0) is 14.5. The molecule has 1 saturated heterocycles. The van der Waals surface area contributed by atoms with E-state index in [0.29, 0.717) is 11.5 Å².